The fourth-order valence-corrected chi connectivity index (χ4v) is 2.16. The van der Waals surface area contributed by atoms with Gasteiger partial charge in [0.2, 0.25) is 11.8 Å². The van der Waals surface area contributed by atoms with E-state index in [1.54, 1.807) is 7.11 Å². The lowest BCUT2D eigenvalue weighted by Crippen LogP contribution is -2.45. The second-order valence-electron chi connectivity index (χ2n) is 5.05. The van der Waals surface area contributed by atoms with Gasteiger partial charge in [0.1, 0.15) is 0 Å². The zero-order valence-electron chi connectivity index (χ0n) is 13.6. The molecule has 1 rings (SSSR count). The van der Waals surface area contributed by atoms with Crippen LogP contribution in [0.5, 0.6) is 0 Å². The largest absolute Gasteiger partial charge is 0.383 e. The van der Waals surface area contributed by atoms with Crippen molar-refractivity contribution in [3.63, 3.8) is 0 Å². The quantitative estimate of drug-likeness (QED) is 0.272. The van der Waals surface area contributed by atoms with E-state index in [1.807, 2.05) is 13.8 Å². The molecule has 8 heteroatoms. The third-order valence-electron chi connectivity index (χ3n) is 3.12. The van der Waals surface area contributed by atoms with Crippen molar-refractivity contribution in [2.24, 2.45) is 4.99 Å². The van der Waals surface area contributed by atoms with Crippen LogP contribution in [0.3, 0.4) is 0 Å². The Morgan fingerprint density at radius 3 is 2.55 bits per heavy atom. The number of nitrogens with one attached hydrogen (secondary N) is 2. The SMILES string of the molecule is CCNC(=NCCN1C(=O)CCCC1=O)NC(C)COC.I. The Balaban J connectivity index is 0.00000441. The summed E-state index contributed by atoms with van der Waals surface area (Å²) < 4.78 is 5.07. The number of hydrogen-bond acceptors (Lipinski definition) is 4. The lowest BCUT2D eigenvalue weighted by molar-refractivity contribution is -0.147. The van der Waals surface area contributed by atoms with Crippen LogP contribution in [0.15, 0.2) is 4.99 Å². The molecular formula is C14H27IN4O3. The minimum absolute atomic E-state index is 0. The van der Waals surface area contributed by atoms with Crippen LogP contribution in [0.2, 0.25) is 0 Å². The van der Waals surface area contributed by atoms with Gasteiger partial charge in [0, 0.05) is 39.1 Å². The minimum atomic E-state index is -0.0906. The Morgan fingerprint density at radius 2 is 2.00 bits per heavy atom. The average Bonchev–Trinajstić information content (AvgIpc) is 2.42. The Labute approximate surface area is 149 Å². The standard InChI is InChI=1S/C14H26N4O3.HI/c1-4-15-14(17-11(2)10-21-3)16-8-9-18-12(19)6-5-7-13(18)20;/h11H,4-10H2,1-3H3,(H2,15,16,17);1H. The molecule has 0 aromatic carbocycles. The molecule has 1 atom stereocenters. The van der Waals surface area contributed by atoms with Crippen molar-refractivity contribution in [1.29, 1.82) is 0 Å². The second kappa shape index (κ2) is 11.6. The summed E-state index contributed by atoms with van der Waals surface area (Å²) in [5, 5.41) is 6.33. The van der Waals surface area contributed by atoms with Gasteiger partial charge in [-0.3, -0.25) is 19.5 Å². The number of imide groups is 1. The Bertz CT molecular complexity index is 374. The van der Waals surface area contributed by atoms with Crippen molar-refractivity contribution < 1.29 is 14.3 Å². The smallest absolute Gasteiger partial charge is 0.229 e. The first-order valence-electron chi connectivity index (χ1n) is 7.45. The number of carbonyl (C=O) groups is 2. The van der Waals surface area contributed by atoms with Gasteiger partial charge >= 0.3 is 0 Å². The van der Waals surface area contributed by atoms with Crippen LogP contribution in [0, 0.1) is 0 Å². The molecule has 7 nitrogen and oxygen atoms in total. The number of ether oxygens (including phenoxy) is 1. The van der Waals surface area contributed by atoms with Crippen LogP contribution >= 0.6 is 24.0 Å². The van der Waals surface area contributed by atoms with E-state index in [2.05, 4.69) is 15.6 Å². The summed E-state index contributed by atoms with van der Waals surface area (Å²) in [4.78, 5) is 29.1. The third kappa shape index (κ3) is 7.39. The number of aliphatic imine (C=N–C) groups is 1. The predicted molar refractivity (Wildman–Crippen MR) is 96.4 cm³/mol. The van der Waals surface area contributed by atoms with E-state index >= 15 is 0 Å². The van der Waals surface area contributed by atoms with E-state index < -0.39 is 0 Å². The summed E-state index contributed by atoms with van der Waals surface area (Å²) in [6, 6.07) is 0.131. The maximum absolute atomic E-state index is 11.7. The zero-order valence-corrected chi connectivity index (χ0v) is 15.9. The van der Waals surface area contributed by atoms with E-state index in [-0.39, 0.29) is 41.8 Å². The van der Waals surface area contributed by atoms with Gasteiger partial charge in [-0.1, -0.05) is 0 Å². The van der Waals surface area contributed by atoms with Crippen molar-refractivity contribution in [1.82, 2.24) is 15.5 Å². The number of piperidine rings is 1. The van der Waals surface area contributed by atoms with Crippen molar-refractivity contribution >= 4 is 41.8 Å². The topological polar surface area (TPSA) is 83.0 Å². The molecule has 1 heterocycles. The molecule has 1 saturated heterocycles. The van der Waals surface area contributed by atoms with Gasteiger partial charge in [-0.05, 0) is 20.3 Å². The number of nitrogens with zero attached hydrogens (tertiary/aromatic N) is 2. The number of methoxy groups -OCH3 is 1. The number of rotatable bonds is 7. The van der Waals surface area contributed by atoms with E-state index in [9.17, 15) is 9.59 Å². The first-order chi connectivity index (χ1) is 10.1. The van der Waals surface area contributed by atoms with Crippen LogP contribution in [0.4, 0.5) is 0 Å². The molecule has 0 saturated carbocycles. The molecule has 1 aliphatic heterocycles. The number of amides is 2. The van der Waals surface area contributed by atoms with E-state index in [0.29, 0.717) is 44.9 Å². The fraction of sp³-hybridized carbons (Fsp3) is 0.786. The summed E-state index contributed by atoms with van der Waals surface area (Å²) in [5.74, 6) is 0.485. The summed E-state index contributed by atoms with van der Waals surface area (Å²) in [5.41, 5.74) is 0. The molecule has 1 aliphatic rings. The number of likely N-dealkylation sites (tertiary alicyclic amines) is 1. The lowest BCUT2D eigenvalue weighted by atomic mass is 10.1. The minimum Gasteiger partial charge on any atom is -0.383 e. The zero-order chi connectivity index (χ0) is 15.7. The fourth-order valence-electron chi connectivity index (χ4n) is 2.16. The second-order valence-corrected chi connectivity index (χ2v) is 5.05. The third-order valence-corrected chi connectivity index (χ3v) is 3.12. The molecule has 0 radical (unpaired) electrons. The van der Waals surface area contributed by atoms with Gasteiger partial charge in [0.05, 0.1) is 13.2 Å². The number of halogens is 1. The number of hydrogen-bond donors (Lipinski definition) is 2. The van der Waals surface area contributed by atoms with Crippen molar-refractivity contribution in [3.05, 3.63) is 0 Å². The lowest BCUT2D eigenvalue weighted by Gasteiger charge is -2.24. The summed E-state index contributed by atoms with van der Waals surface area (Å²) in [6.45, 7) is 6.03. The molecule has 2 N–H and O–H groups in total. The average molecular weight is 426 g/mol. The van der Waals surface area contributed by atoms with Crippen molar-refractivity contribution in [3.8, 4) is 0 Å². The molecule has 0 spiro atoms. The molecule has 1 fully saturated rings. The van der Waals surface area contributed by atoms with Crippen LogP contribution in [-0.4, -0.2) is 62.1 Å². The Hall–Kier alpha value is -0.900. The van der Waals surface area contributed by atoms with E-state index in [4.69, 9.17) is 4.74 Å². The molecule has 0 bridgehead atoms. The van der Waals surface area contributed by atoms with Crippen LogP contribution in [-0.2, 0) is 14.3 Å². The highest BCUT2D eigenvalue weighted by Gasteiger charge is 2.25. The van der Waals surface area contributed by atoms with Gasteiger partial charge in [-0.2, -0.15) is 0 Å². The maximum atomic E-state index is 11.7. The Kier molecular flexibility index (Phi) is 11.2. The molecule has 22 heavy (non-hydrogen) atoms. The van der Waals surface area contributed by atoms with Crippen LogP contribution in [0.1, 0.15) is 33.1 Å². The molecule has 0 aromatic heterocycles. The van der Waals surface area contributed by atoms with Crippen LogP contribution in [0.25, 0.3) is 0 Å². The van der Waals surface area contributed by atoms with E-state index in [1.165, 1.54) is 4.90 Å². The highest BCUT2D eigenvalue weighted by atomic mass is 127. The van der Waals surface area contributed by atoms with Crippen molar-refractivity contribution in [2.45, 2.75) is 39.2 Å². The Morgan fingerprint density at radius 1 is 1.36 bits per heavy atom. The summed E-state index contributed by atoms with van der Waals surface area (Å²) in [7, 11) is 1.65. The molecular weight excluding hydrogens is 399 g/mol. The predicted octanol–water partition coefficient (Wildman–Crippen LogP) is 0.734. The first-order valence-corrected chi connectivity index (χ1v) is 7.45. The van der Waals surface area contributed by atoms with Gasteiger partial charge < -0.3 is 15.4 Å². The first kappa shape index (κ1) is 21.1. The van der Waals surface area contributed by atoms with E-state index in [0.717, 1.165) is 6.54 Å². The van der Waals surface area contributed by atoms with Gasteiger partial charge in [-0.25, -0.2) is 0 Å². The molecule has 2 amide bonds. The van der Waals surface area contributed by atoms with Crippen molar-refractivity contribution in [2.75, 3.05) is 33.4 Å². The highest BCUT2D eigenvalue weighted by molar-refractivity contribution is 14.0. The monoisotopic (exact) mass is 426 g/mol. The number of carbonyl (C=O) groups excluding carboxylic acids is 2. The van der Waals surface area contributed by atoms with Crippen LogP contribution < -0.4 is 10.6 Å². The maximum Gasteiger partial charge on any atom is 0.229 e. The van der Waals surface area contributed by atoms with Gasteiger partial charge in [0.15, 0.2) is 5.96 Å². The normalized spacial score (nSPS) is 17.0. The molecule has 0 aromatic rings. The molecule has 0 aliphatic carbocycles. The molecule has 128 valence electrons. The van der Waals surface area contributed by atoms with Gasteiger partial charge in [0.25, 0.3) is 0 Å². The van der Waals surface area contributed by atoms with Gasteiger partial charge in [-0.15, -0.1) is 24.0 Å². The number of guanidine groups is 1. The summed E-state index contributed by atoms with van der Waals surface area (Å²) in [6.07, 6.45) is 1.58. The molecule has 1 unspecified atom stereocenters. The summed E-state index contributed by atoms with van der Waals surface area (Å²) >= 11 is 0. The highest BCUT2D eigenvalue weighted by Crippen LogP contribution is 2.11.